The fraction of sp³-hybridized carbons (Fsp3) is 0.400. The van der Waals surface area contributed by atoms with Gasteiger partial charge in [-0.05, 0) is 50.1 Å². The number of carbonyl (C=O) groups is 2. The largest absolute Gasteiger partial charge is 0.341 e. The smallest absolute Gasteiger partial charge is 0.240 e. The van der Waals surface area contributed by atoms with E-state index in [0.717, 1.165) is 36.5 Å². The highest BCUT2D eigenvalue weighted by Gasteiger charge is 2.30. The Hall–Kier alpha value is -2.85. The van der Waals surface area contributed by atoms with Crippen LogP contribution in [0.3, 0.4) is 0 Å². The summed E-state index contributed by atoms with van der Waals surface area (Å²) in [4.78, 5) is 35.9. The first-order chi connectivity index (χ1) is 14.3. The first kappa shape index (κ1) is 20.4. The van der Waals surface area contributed by atoms with Crippen molar-refractivity contribution in [1.29, 1.82) is 0 Å². The Morgan fingerprint density at radius 3 is 2.27 bits per heavy atom. The molecule has 2 saturated heterocycles. The van der Waals surface area contributed by atoms with E-state index in [1.54, 1.807) is 6.07 Å². The van der Waals surface area contributed by atoms with Crippen LogP contribution in [0.5, 0.6) is 0 Å². The zero-order valence-corrected chi connectivity index (χ0v) is 17.5. The Balaban J connectivity index is 1.47. The van der Waals surface area contributed by atoms with Crippen molar-refractivity contribution in [2.75, 3.05) is 22.9 Å². The van der Waals surface area contributed by atoms with Gasteiger partial charge in [0.25, 0.3) is 0 Å². The van der Waals surface area contributed by atoms with Gasteiger partial charge in [0.2, 0.25) is 27.8 Å². The van der Waals surface area contributed by atoms with Crippen molar-refractivity contribution in [3.63, 3.8) is 0 Å². The maximum atomic E-state index is 12.7. The minimum Gasteiger partial charge on any atom is -0.341 e. The number of rotatable bonds is 6. The lowest BCUT2D eigenvalue weighted by Gasteiger charge is -2.17. The summed E-state index contributed by atoms with van der Waals surface area (Å²) in [5.74, 6) is 0.0781. The molecule has 10 heteroatoms. The molecular weight excluding hydrogens is 406 g/mol. The minimum absolute atomic E-state index is 0.0391. The average Bonchev–Trinajstić information content (AvgIpc) is 3.36. The molecule has 0 spiro atoms. The predicted octanol–water partition coefficient (Wildman–Crippen LogP) is 1.52. The Morgan fingerprint density at radius 2 is 1.63 bits per heavy atom. The zero-order valence-electron chi connectivity index (χ0n) is 16.7. The van der Waals surface area contributed by atoms with Gasteiger partial charge in [-0.25, -0.2) is 23.1 Å². The molecule has 2 fully saturated rings. The molecule has 0 radical (unpaired) electrons. The number of sulfonamides is 1. The maximum absolute atomic E-state index is 12.7. The first-order valence-electron chi connectivity index (χ1n) is 9.88. The molecule has 2 aliphatic rings. The molecule has 2 amide bonds. The Kier molecular flexibility index (Phi) is 5.52. The van der Waals surface area contributed by atoms with Gasteiger partial charge in [-0.15, -0.1) is 0 Å². The lowest BCUT2D eigenvalue weighted by Crippen LogP contribution is -2.28. The third-order valence-corrected chi connectivity index (χ3v) is 6.60. The molecule has 0 saturated carbocycles. The van der Waals surface area contributed by atoms with Crippen molar-refractivity contribution >= 4 is 33.5 Å². The van der Waals surface area contributed by atoms with Crippen LogP contribution >= 0.6 is 0 Å². The number of aromatic nitrogens is 2. The van der Waals surface area contributed by atoms with Crippen molar-refractivity contribution in [2.45, 2.75) is 44.0 Å². The fourth-order valence-corrected chi connectivity index (χ4v) is 4.66. The number of benzene rings is 1. The second-order valence-electron chi connectivity index (χ2n) is 7.44. The van der Waals surface area contributed by atoms with Gasteiger partial charge in [0, 0.05) is 31.6 Å². The molecule has 0 atom stereocenters. The molecule has 4 rings (SSSR count). The molecule has 0 unspecified atom stereocenters. The summed E-state index contributed by atoms with van der Waals surface area (Å²) in [6, 6.07) is 7.47. The topological polar surface area (TPSA) is 113 Å². The molecule has 2 aromatic rings. The number of nitrogens with zero attached hydrogens (tertiary/aromatic N) is 4. The molecule has 0 aliphatic carbocycles. The summed E-state index contributed by atoms with van der Waals surface area (Å²) in [6.07, 6.45) is 2.56. The van der Waals surface area contributed by atoms with Gasteiger partial charge in [0.1, 0.15) is 0 Å². The van der Waals surface area contributed by atoms with Crippen LogP contribution < -0.4 is 14.5 Å². The van der Waals surface area contributed by atoms with Crippen LogP contribution in [-0.4, -0.2) is 43.3 Å². The molecule has 30 heavy (non-hydrogen) atoms. The highest BCUT2D eigenvalue weighted by atomic mass is 32.2. The monoisotopic (exact) mass is 429 g/mol. The summed E-state index contributed by atoms with van der Waals surface area (Å²) in [6.45, 7) is 3.71. The normalized spacial score (nSPS) is 17.2. The number of imide groups is 1. The second-order valence-corrected chi connectivity index (χ2v) is 9.20. The molecule has 9 nitrogen and oxygen atoms in total. The van der Waals surface area contributed by atoms with Crippen molar-refractivity contribution in [1.82, 2.24) is 14.7 Å². The molecule has 1 N–H and O–H groups in total. The number of anilines is 2. The number of hydrogen-bond acceptors (Lipinski definition) is 7. The predicted molar refractivity (Wildman–Crippen MR) is 110 cm³/mol. The van der Waals surface area contributed by atoms with E-state index in [1.165, 1.54) is 24.3 Å². The number of carbonyl (C=O) groups excluding carboxylic acids is 2. The van der Waals surface area contributed by atoms with Gasteiger partial charge in [0.15, 0.2) is 0 Å². The summed E-state index contributed by atoms with van der Waals surface area (Å²) in [5.41, 5.74) is 1.76. The maximum Gasteiger partial charge on any atom is 0.240 e. The van der Waals surface area contributed by atoms with Crippen molar-refractivity contribution in [3.8, 4) is 0 Å². The van der Waals surface area contributed by atoms with E-state index in [9.17, 15) is 18.0 Å². The molecular formula is C20H23N5O4S. The molecule has 3 heterocycles. The van der Waals surface area contributed by atoms with Crippen molar-refractivity contribution in [2.24, 2.45) is 0 Å². The Bertz CT molecular complexity index is 1060. The van der Waals surface area contributed by atoms with E-state index in [0.29, 0.717) is 17.3 Å². The van der Waals surface area contributed by atoms with Crippen LogP contribution in [0.15, 0.2) is 35.2 Å². The van der Waals surface area contributed by atoms with E-state index in [2.05, 4.69) is 19.6 Å². The molecule has 2 aliphatic heterocycles. The summed E-state index contributed by atoms with van der Waals surface area (Å²) in [7, 11) is -3.78. The summed E-state index contributed by atoms with van der Waals surface area (Å²) < 4.78 is 27.9. The highest BCUT2D eigenvalue weighted by molar-refractivity contribution is 7.89. The number of hydrogen-bond donors (Lipinski definition) is 1. The van der Waals surface area contributed by atoms with Gasteiger partial charge in [0.05, 0.1) is 22.8 Å². The van der Waals surface area contributed by atoms with Crippen LogP contribution in [0.25, 0.3) is 0 Å². The third-order valence-electron chi connectivity index (χ3n) is 5.18. The lowest BCUT2D eigenvalue weighted by atomic mass is 10.3. The molecule has 1 aromatic heterocycles. The van der Waals surface area contributed by atoms with E-state index < -0.39 is 10.0 Å². The Morgan fingerprint density at radius 1 is 1.00 bits per heavy atom. The van der Waals surface area contributed by atoms with Gasteiger partial charge < -0.3 is 4.90 Å². The molecule has 1 aromatic carbocycles. The van der Waals surface area contributed by atoms with Crippen LogP contribution in [-0.2, 0) is 26.2 Å². The Labute approximate surface area is 175 Å². The quantitative estimate of drug-likeness (QED) is 0.693. The number of amides is 2. The van der Waals surface area contributed by atoms with Gasteiger partial charge in [-0.3, -0.25) is 14.5 Å². The van der Waals surface area contributed by atoms with E-state index in [-0.39, 0.29) is 36.1 Å². The molecule has 158 valence electrons. The number of nitrogens with one attached hydrogen (secondary N) is 1. The minimum atomic E-state index is -3.78. The SMILES string of the molecule is Cc1cc(CNS(=O)(=O)c2ccc(N3C(=O)CCC3=O)cc2)nc(N2CCCC2)n1. The van der Waals surface area contributed by atoms with E-state index in [1.807, 2.05) is 6.92 Å². The van der Waals surface area contributed by atoms with Crippen LogP contribution in [0.1, 0.15) is 37.1 Å². The van der Waals surface area contributed by atoms with Crippen LogP contribution in [0.2, 0.25) is 0 Å². The number of aryl methyl sites for hydroxylation is 1. The third kappa shape index (κ3) is 4.19. The van der Waals surface area contributed by atoms with E-state index in [4.69, 9.17) is 0 Å². The van der Waals surface area contributed by atoms with Crippen LogP contribution in [0, 0.1) is 6.92 Å². The van der Waals surface area contributed by atoms with Crippen molar-refractivity contribution < 1.29 is 18.0 Å². The van der Waals surface area contributed by atoms with Gasteiger partial charge in [-0.1, -0.05) is 0 Å². The molecule has 0 bridgehead atoms. The lowest BCUT2D eigenvalue weighted by molar-refractivity contribution is -0.121. The van der Waals surface area contributed by atoms with E-state index >= 15 is 0 Å². The zero-order chi connectivity index (χ0) is 21.3. The average molecular weight is 430 g/mol. The summed E-state index contributed by atoms with van der Waals surface area (Å²) >= 11 is 0. The second kappa shape index (κ2) is 8.11. The summed E-state index contributed by atoms with van der Waals surface area (Å²) in [5, 5.41) is 0. The fourth-order valence-electron chi connectivity index (χ4n) is 3.66. The van der Waals surface area contributed by atoms with Gasteiger partial charge in [-0.2, -0.15) is 0 Å². The highest BCUT2D eigenvalue weighted by Crippen LogP contribution is 2.24. The standard InChI is InChI=1S/C20H23N5O4S/c1-14-12-15(23-20(22-14)24-10-2-3-11-24)13-21-30(28,29)17-6-4-16(5-7-17)25-18(26)8-9-19(25)27/h4-7,12,21H,2-3,8-11,13H2,1H3. The van der Waals surface area contributed by atoms with Crippen LogP contribution in [0.4, 0.5) is 11.6 Å². The van der Waals surface area contributed by atoms with Gasteiger partial charge >= 0.3 is 0 Å². The first-order valence-corrected chi connectivity index (χ1v) is 11.4. The van der Waals surface area contributed by atoms with Crippen molar-refractivity contribution in [3.05, 3.63) is 41.7 Å².